The highest BCUT2D eigenvalue weighted by Crippen LogP contribution is 2.61. The minimum absolute atomic E-state index is 0.511. The minimum Gasteiger partial charge on any atom is -0.455 e. The quantitative estimate of drug-likeness (QED) is 0.175. The predicted molar refractivity (Wildman–Crippen MR) is 182 cm³/mol. The number of rotatable bonds is 0. The van der Waals surface area contributed by atoms with Crippen molar-refractivity contribution in [1.29, 1.82) is 5.26 Å². The molecule has 8 aliphatic rings. The van der Waals surface area contributed by atoms with Gasteiger partial charge in [-0.15, -0.1) is 0 Å². The Morgan fingerprint density at radius 2 is 1.33 bits per heavy atom. The molecule has 0 spiro atoms. The van der Waals surface area contributed by atoms with Crippen LogP contribution in [0.25, 0.3) is 60.0 Å². The van der Waals surface area contributed by atoms with Crippen molar-refractivity contribution in [3.8, 4) is 6.07 Å². The van der Waals surface area contributed by atoms with Gasteiger partial charge in [0.2, 0.25) is 0 Å². The van der Waals surface area contributed by atoms with Gasteiger partial charge in [-0.2, -0.15) is 5.26 Å². The van der Waals surface area contributed by atoms with Crippen molar-refractivity contribution < 1.29 is 4.42 Å². The Labute approximate surface area is 266 Å². The molecule has 46 heavy (non-hydrogen) atoms. The fourth-order valence-corrected chi connectivity index (χ4v) is 13.3. The molecule has 4 heteroatoms. The molecule has 0 saturated heterocycles. The van der Waals surface area contributed by atoms with E-state index in [1.54, 1.807) is 5.56 Å². The van der Waals surface area contributed by atoms with Gasteiger partial charge in [0.1, 0.15) is 11.2 Å². The van der Waals surface area contributed by atoms with Gasteiger partial charge in [0.15, 0.2) is 0 Å². The van der Waals surface area contributed by atoms with Crippen LogP contribution in [0.15, 0.2) is 47.0 Å². The number of hydrogen-bond donors (Lipinski definition) is 0. The number of aromatic nitrogens is 2. The Bertz CT molecular complexity index is 2550. The molecule has 4 nitrogen and oxygen atoms in total. The summed E-state index contributed by atoms with van der Waals surface area (Å²) in [4.78, 5) is 5.42. The summed E-state index contributed by atoms with van der Waals surface area (Å²) in [5, 5.41) is 18.8. The summed E-state index contributed by atoms with van der Waals surface area (Å²) in [6.07, 6.45) is 15.4. The predicted octanol–water partition coefficient (Wildman–Crippen LogP) is 10.8. The van der Waals surface area contributed by atoms with Crippen molar-refractivity contribution in [1.82, 2.24) is 9.38 Å². The number of nitriles is 1. The molecule has 4 saturated carbocycles. The maximum absolute atomic E-state index is 10.8. The molecule has 4 atom stereocenters. The first-order valence-electron chi connectivity index (χ1n) is 18.1. The van der Waals surface area contributed by atoms with E-state index in [0.717, 1.165) is 40.4 Å². The minimum atomic E-state index is 0.511. The second-order valence-electron chi connectivity index (χ2n) is 16.6. The molecule has 0 radical (unpaired) electrons. The highest BCUT2D eigenvalue weighted by molar-refractivity contribution is 6.33. The third-order valence-corrected chi connectivity index (χ3v) is 14.4. The molecule has 0 N–H and O–H groups in total. The van der Waals surface area contributed by atoms with Crippen LogP contribution in [0.3, 0.4) is 0 Å². The van der Waals surface area contributed by atoms with E-state index < -0.39 is 0 Å². The average molecular weight is 598 g/mol. The van der Waals surface area contributed by atoms with Crippen LogP contribution in [0, 0.1) is 35.0 Å². The molecule has 224 valence electrons. The second-order valence-corrected chi connectivity index (χ2v) is 16.6. The van der Waals surface area contributed by atoms with E-state index in [0.29, 0.717) is 23.7 Å². The van der Waals surface area contributed by atoms with Gasteiger partial charge in [0.05, 0.1) is 39.8 Å². The Kier molecular flexibility index (Phi) is 4.13. The number of benzene rings is 3. The van der Waals surface area contributed by atoms with Crippen LogP contribution >= 0.6 is 0 Å². The topological polar surface area (TPSA) is 54.2 Å². The second kappa shape index (κ2) is 7.88. The van der Waals surface area contributed by atoms with Crippen molar-refractivity contribution in [3.05, 3.63) is 70.5 Å². The fourth-order valence-electron chi connectivity index (χ4n) is 13.3. The Hall–Kier alpha value is -4.10. The molecule has 4 heterocycles. The summed E-state index contributed by atoms with van der Waals surface area (Å²) in [6, 6.07) is 16.2. The molecule has 4 unspecified atom stereocenters. The van der Waals surface area contributed by atoms with Gasteiger partial charge in [-0.1, -0.05) is 18.2 Å². The molecule has 8 aliphatic carbocycles. The van der Waals surface area contributed by atoms with Crippen LogP contribution in [0.2, 0.25) is 0 Å². The zero-order valence-electron chi connectivity index (χ0n) is 26.0. The summed E-state index contributed by atoms with van der Waals surface area (Å²) in [5.41, 5.74) is 12.6. The zero-order chi connectivity index (χ0) is 29.6. The molecular weight excluding hydrogens is 562 g/mol. The van der Waals surface area contributed by atoms with Gasteiger partial charge >= 0.3 is 0 Å². The molecular formula is C42H35N3O. The molecule has 8 bridgehead atoms. The Morgan fingerprint density at radius 3 is 2.07 bits per heavy atom. The summed E-state index contributed by atoms with van der Waals surface area (Å²) < 4.78 is 9.46. The highest BCUT2D eigenvalue weighted by Gasteiger charge is 2.46. The van der Waals surface area contributed by atoms with E-state index in [1.807, 2.05) is 0 Å². The molecule has 0 aliphatic heterocycles. The van der Waals surface area contributed by atoms with Gasteiger partial charge in [0, 0.05) is 38.5 Å². The maximum Gasteiger partial charge on any atom is 0.145 e. The first kappa shape index (κ1) is 24.1. The van der Waals surface area contributed by atoms with Gasteiger partial charge in [-0.05, 0) is 141 Å². The third kappa shape index (κ3) is 2.69. The van der Waals surface area contributed by atoms with Crippen molar-refractivity contribution in [2.24, 2.45) is 23.7 Å². The number of hydrogen-bond acceptors (Lipinski definition) is 3. The van der Waals surface area contributed by atoms with Crippen LogP contribution in [-0.4, -0.2) is 9.38 Å². The standard InChI is InChI=1S/C42H35N3O/c43-17-27-15-31-38(35-24-9-19-5-20(10-24)8-23(7-19)34(27)35)39-41-30(16-29-28-3-1-2-4-33(28)46-42(29)39)37-32(45(31)41)18-44-40-26-13-21-6-22(14-26)12-25(11-21)36(37)40/h1-4,15-16,18-26H,5-14H2. The van der Waals surface area contributed by atoms with E-state index in [4.69, 9.17) is 9.40 Å². The molecule has 4 fully saturated rings. The molecule has 15 rings (SSSR count). The van der Waals surface area contributed by atoms with Crippen LogP contribution < -0.4 is 0 Å². The van der Waals surface area contributed by atoms with Crippen LogP contribution in [0.4, 0.5) is 0 Å². The van der Waals surface area contributed by atoms with Crippen LogP contribution in [0.5, 0.6) is 0 Å². The largest absolute Gasteiger partial charge is 0.455 e. The van der Waals surface area contributed by atoms with Crippen molar-refractivity contribution in [2.75, 3.05) is 0 Å². The molecule has 7 aromatic rings. The SMILES string of the molecule is N#Cc1cc2c(c3c1C1CC4CC(C1)CC3C4)c1c3oc4ccccc4c3cc3c4c5c(ncc4n2c31)C1CC2CC(C1)CC5C2. The van der Waals surface area contributed by atoms with E-state index in [-0.39, 0.29) is 0 Å². The molecule has 0 amide bonds. The van der Waals surface area contributed by atoms with Crippen LogP contribution in [0.1, 0.15) is 116 Å². The lowest BCUT2D eigenvalue weighted by molar-refractivity contribution is 0.165. The lowest BCUT2D eigenvalue weighted by Gasteiger charge is -2.38. The van der Waals surface area contributed by atoms with Crippen LogP contribution in [-0.2, 0) is 0 Å². The Balaban J connectivity index is 1.28. The summed E-state index contributed by atoms with van der Waals surface area (Å²) >= 11 is 0. The van der Waals surface area contributed by atoms with E-state index in [9.17, 15) is 5.26 Å². The summed E-state index contributed by atoms with van der Waals surface area (Å²) in [7, 11) is 0. The first-order valence-corrected chi connectivity index (χ1v) is 18.1. The number of para-hydroxylation sites is 1. The normalized spacial score (nSPS) is 32.3. The fraction of sp³-hybridized carbons (Fsp3) is 0.429. The number of pyridine rings is 1. The molecule has 3 aromatic carbocycles. The lowest BCUT2D eigenvalue weighted by Crippen LogP contribution is -2.25. The average Bonchev–Trinajstić information content (AvgIpc) is 3.62. The van der Waals surface area contributed by atoms with Gasteiger partial charge in [-0.3, -0.25) is 4.98 Å². The zero-order valence-corrected chi connectivity index (χ0v) is 26.0. The van der Waals surface area contributed by atoms with E-state index >= 15 is 0 Å². The molecule has 4 aromatic heterocycles. The summed E-state index contributed by atoms with van der Waals surface area (Å²) in [6.45, 7) is 0. The van der Waals surface area contributed by atoms with E-state index in [1.165, 1.54) is 130 Å². The summed E-state index contributed by atoms with van der Waals surface area (Å²) in [5.74, 6) is 5.55. The smallest absolute Gasteiger partial charge is 0.145 e. The third-order valence-electron chi connectivity index (χ3n) is 14.4. The Morgan fingerprint density at radius 1 is 0.652 bits per heavy atom. The van der Waals surface area contributed by atoms with Crippen molar-refractivity contribution in [2.45, 2.75) is 87.9 Å². The number of furan rings is 1. The first-order chi connectivity index (χ1) is 22.7. The number of nitrogens with zero attached hydrogens (tertiary/aromatic N) is 3. The van der Waals surface area contributed by atoms with Crippen molar-refractivity contribution in [3.63, 3.8) is 0 Å². The lowest BCUT2D eigenvalue weighted by atomic mass is 9.67. The van der Waals surface area contributed by atoms with Gasteiger partial charge in [0.25, 0.3) is 0 Å². The van der Waals surface area contributed by atoms with Crippen molar-refractivity contribution >= 4 is 60.0 Å². The van der Waals surface area contributed by atoms with Gasteiger partial charge in [-0.25, -0.2) is 0 Å². The maximum atomic E-state index is 10.8. The highest BCUT2D eigenvalue weighted by atomic mass is 16.3. The van der Waals surface area contributed by atoms with E-state index in [2.05, 4.69) is 53.1 Å². The van der Waals surface area contributed by atoms with Gasteiger partial charge < -0.3 is 8.82 Å². The number of fused-ring (bicyclic) bond motifs is 10. The monoisotopic (exact) mass is 597 g/mol.